The van der Waals surface area contributed by atoms with Crippen molar-refractivity contribution < 1.29 is 23.4 Å². The number of carbonyl (C=O) groups is 1. The number of rotatable bonds is 4. The lowest BCUT2D eigenvalue weighted by molar-refractivity contribution is -0.131. The van der Waals surface area contributed by atoms with Gasteiger partial charge in [-0.15, -0.1) is 0 Å². The second-order valence-corrected chi connectivity index (χ2v) is 6.48. The van der Waals surface area contributed by atoms with Crippen molar-refractivity contribution in [2.75, 3.05) is 13.1 Å². The lowest BCUT2D eigenvalue weighted by atomic mass is 10.2. The smallest absolute Gasteiger partial charge is 0.328 e. The van der Waals surface area contributed by atoms with Crippen LogP contribution in [-0.4, -0.2) is 48.1 Å². The summed E-state index contributed by atoms with van der Waals surface area (Å²) < 4.78 is 25.8. The largest absolute Gasteiger partial charge is 0.478 e. The standard InChI is InChI=1S/C13H15NO5S/c15-11-7-8-14(9-11)20(18,19)12-4-1-10(2-5-12)3-6-13(16)17/h1-6,11,15H,7-9H2,(H,16,17)/b6-3+/t11-/m1/s1. The first-order valence-electron chi connectivity index (χ1n) is 6.09. The minimum absolute atomic E-state index is 0.114. The summed E-state index contributed by atoms with van der Waals surface area (Å²) in [5.41, 5.74) is 0.604. The van der Waals surface area contributed by atoms with Crippen molar-refractivity contribution in [3.8, 4) is 0 Å². The number of hydrogen-bond donors (Lipinski definition) is 2. The summed E-state index contributed by atoms with van der Waals surface area (Å²) in [4.78, 5) is 10.5. The van der Waals surface area contributed by atoms with Gasteiger partial charge in [-0.1, -0.05) is 12.1 Å². The summed E-state index contributed by atoms with van der Waals surface area (Å²) >= 11 is 0. The maximum atomic E-state index is 12.3. The predicted molar refractivity (Wildman–Crippen MR) is 72.5 cm³/mol. The Kier molecular flexibility index (Phi) is 4.22. The molecule has 0 aromatic heterocycles. The fourth-order valence-electron chi connectivity index (χ4n) is 2.00. The number of carboxylic acids is 1. The number of aliphatic carboxylic acids is 1. The zero-order chi connectivity index (χ0) is 14.8. The molecule has 0 saturated carbocycles. The van der Waals surface area contributed by atoms with Crippen LogP contribution < -0.4 is 0 Å². The van der Waals surface area contributed by atoms with Gasteiger partial charge >= 0.3 is 5.97 Å². The minimum Gasteiger partial charge on any atom is -0.478 e. The lowest BCUT2D eigenvalue weighted by Crippen LogP contribution is -2.29. The molecule has 2 N–H and O–H groups in total. The van der Waals surface area contributed by atoms with Gasteiger partial charge in [-0.05, 0) is 30.2 Å². The highest BCUT2D eigenvalue weighted by Gasteiger charge is 2.31. The van der Waals surface area contributed by atoms with Gasteiger partial charge in [0.15, 0.2) is 0 Å². The van der Waals surface area contributed by atoms with E-state index in [0.29, 0.717) is 18.5 Å². The zero-order valence-corrected chi connectivity index (χ0v) is 11.5. The molecule has 1 fully saturated rings. The molecule has 6 nitrogen and oxygen atoms in total. The molecule has 1 aliphatic heterocycles. The van der Waals surface area contributed by atoms with E-state index in [1.165, 1.54) is 22.5 Å². The Labute approximate surface area is 117 Å². The van der Waals surface area contributed by atoms with Crippen LogP contribution in [0.4, 0.5) is 0 Å². The van der Waals surface area contributed by atoms with E-state index >= 15 is 0 Å². The van der Waals surface area contributed by atoms with Gasteiger partial charge < -0.3 is 10.2 Å². The third kappa shape index (κ3) is 3.24. The van der Waals surface area contributed by atoms with Crippen molar-refractivity contribution in [1.82, 2.24) is 4.31 Å². The number of nitrogens with zero attached hydrogens (tertiary/aromatic N) is 1. The molecule has 1 heterocycles. The van der Waals surface area contributed by atoms with Crippen LogP contribution in [0.1, 0.15) is 12.0 Å². The molecule has 20 heavy (non-hydrogen) atoms. The molecule has 1 atom stereocenters. The summed E-state index contributed by atoms with van der Waals surface area (Å²) in [6.45, 7) is 0.424. The van der Waals surface area contributed by atoms with Crippen LogP contribution in [0.25, 0.3) is 6.08 Å². The highest BCUT2D eigenvalue weighted by Crippen LogP contribution is 2.21. The molecular weight excluding hydrogens is 282 g/mol. The highest BCUT2D eigenvalue weighted by molar-refractivity contribution is 7.89. The first-order valence-corrected chi connectivity index (χ1v) is 7.53. The van der Waals surface area contributed by atoms with Crippen LogP contribution in [0.3, 0.4) is 0 Å². The predicted octanol–water partition coefficient (Wildman–Crippen LogP) is 0.540. The SMILES string of the molecule is O=C(O)/C=C/c1ccc(S(=O)(=O)N2CC[C@@H](O)C2)cc1. The Balaban J connectivity index is 2.19. The molecule has 2 rings (SSSR count). The van der Waals surface area contributed by atoms with E-state index in [1.807, 2.05) is 0 Å². The van der Waals surface area contributed by atoms with E-state index in [9.17, 15) is 18.3 Å². The summed E-state index contributed by atoms with van der Waals surface area (Å²) in [6.07, 6.45) is 2.21. The van der Waals surface area contributed by atoms with E-state index in [-0.39, 0.29) is 11.4 Å². The van der Waals surface area contributed by atoms with Crippen LogP contribution in [0, 0.1) is 0 Å². The van der Waals surface area contributed by atoms with Gasteiger partial charge in [-0.25, -0.2) is 13.2 Å². The fraction of sp³-hybridized carbons (Fsp3) is 0.308. The second kappa shape index (κ2) is 5.74. The first-order chi connectivity index (χ1) is 9.39. The highest BCUT2D eigenvalue weighted by atomic mass is 32.2. The van der Waals surface area contributed by atoms with Gasteiger partial charge in [0.25, 0.3) is 0 Å². The van der Waals surface area contributed by atoms with E-state index in [1.54, 1.807) is 12.1 Å². The van der Waals surface area contributed by atoms with Crippen LogP contribution >= 0.6 is 0 Å². The fourth-order valence-corrected chi connectivity index (χ4v) is 3.49. The van der Waals surface area contributed by atoms with Crippen molar-refractivity contribution in [3.63, 3.8) is 0 Å². The summed E-state index contributed by atoms with van der Waals surface area (Å²) in [7, 11) is -3.59. The van der Waals surface area contributed by atoms with Gasteiger partial charge in [0, 0.05) is 19.2 Å². The third-order valence-corrected chi connectivity index (χ3v) is 4.94. The van der Waals surface area contributed by atoms with Gasteiger partial charge in [-0.3, -0.25) is 0 Å². The Bertz CT molecular complexity index is 621. The number of aliphatic hydroxyl groups excluding tert-OH is 1. The molecule has 1 aromatic carbocycles. The van der Waals surface area contributed by atoms with Crippen molar-refractivity contribution in [2.45, 2.75) is 17.4 Å². The van der Waals surface area contributed by atoms with E-state index in [4.69, 9.17) is 5.11 Å². The van der Waals surface area contributed by atoms with E-state index in [2.05, 4.69) is 0 Å². The molecular formula is C13H15NO5S. The molecule has 0 amide bonds. The van der Waals surface area contributed by atoms with Crippen molar-refractivity contribution >= 4 is 22.1 Å². The molecule has 0 radical (unpaired) electrons. The number of carboxylic acid groups (broad SMARTS) is 1. The average Bonchev–Trinajstić information content (AvgIpc) is 2.84. The van der Waals surface area contributed by atoms with E-state index in [0.717, 1.165) is 6.08 Å². The van der Waals surface area contributed by atoms with Crippen molar-refractivity contribution in [3.05, 3.63) is 35.9 Å². The quantitative estimate of drug-likeness (QED) is 0.791. The monoisotopic (exact) mass is 297 g/mol. The number of β-amino-alcohol motifs (C(OH)–C–C–N with tert-alkyl or cyclic N) is 1. The zero-order valence-electron chi connectivity index (χ0n) is 10.6. The van der Waals surface area contributed by atoms with Crippen molar-refractivity contribution in [1.29, 1.82) is 0 Å². The molecule has 108 valence electrons. The molecule has 1 saturated heterocycles. The maximum absolute atomic E-state index is 12.3. The normalized spacial score (nSPS) is 20.6. The Morgan fingerprint density at radius 1 is 1.30 bits per heavy atom. The Morgan fingerprint density at radius 3 is 2.45 bits per heavy atom. The second-order valence-electron chi connectivity index (χ2n) is 4.55. The Hall–Kier alpha value is -1.70. The number of aliphatic hydroxyl groups is 1. The molecule has 1 aromatic rings. The third-order valence-electron chi connectivity index (χ3n) is 3.06. The minimum atomic E-state index is -3.59. The summed E-state index contributed by atoms with van der Waals surface area (Å²) in [5, 5.41) is 17.9. The Morgan fingerprint density at radius 2 is 1.95 bits per heavy atom. The van der Waals surface area contributed by atoms with Gasteiger partial charge in [0.2, 0.25) is 10.0 Å². The maximum Gasteiger partial charge on any atom is 0.328 e. The van der Waals surface area contributed by atoms with Crippen molar-refractivity contribution in [2.24, 2.45) is 0 Å². The van der Waals surface area contributed by atoms with Gasteiger partial charge in [0.1, 0.15) is 0 Å². The molecule has 1 aliphatic rings. The van der Waals surface area contributed by atoms with Gasteiger partial charge in [-0.2, -0.15) is 4.31 Å². The van der Waals surface area contributed by atoms with Crippen LogP contribution in [0.2, 0.25) is 0 Å². The molecule has 7 heteroatoms. The van der Waals surface area contributed by atoms with Crippen LogP contribution in [0.15, 0.2) is 35.2 Å². The molecule has 0 bridgehead atoms. The van der Waals surface area contributed by atoms with Crippen LogP contribution in [-0.2, 0) is 14.8 Å². The topological polar surface area (TPSA) is 94.9 Å². The van der Waals surface area contributed by atoms with E-state index < -0.39 is 22.1 Å². The molecule has 0 spiro atoms. The van der Waals surface area contributed by atoms with Gasteiger partial charge in [0.05, 0.1) is 11.0 Å². The lowest BCUT2D eigenvalue weighted by Gasteiger charge is -2.15. The molecule has 0 unspecified atom stereocenters. The number of sulfonamides is 1. The van der Waals surface area contributed by atoms with Crippen LogP contribution in [0.5, 0.6) is 0 Å². The molecule has 0 aliphatic carbocycles. The average molecular weight is 297 g/mol. The number of hydrogen-bond acceptors (Lipinski definition) is 4. The summed E-state index contributed by atoms with van der Waals surface area (Å²) in [6, 6.07) is 5.95. The number of benzene rings is 1. The summed E-state index contributed by atoms with van der Waals surface area (Å²) in [5.74, 6) is -1.06. The first kappa shape index (κ1) is 14.7.